The molecule has 154 valence electrons. The largest absolute Gasteiger partial charge is 0.494 e. The standard InChI is InChI=1S/C22H25Br2N3O2/c1-29-20-18(23)11-15(12-19(20)24)13-22(25)8-7-17-14-26(9-10-27(17)21(22)28)16-5-3-2-4-6-16/h2-6,11-12,17H,7-10,13-14,25H2,1H3/t17-,22+/m0/s1. The number of anilines is 1. The van der Waals surface area contributed by atoms with Gasteiger partial charge in [0.05, 0.1) is 21.6 Å². The zero-order valence-corrected chi connectivity index (χ0v) is 19.6. The Morgan fingerprint density at radius 3 is 2.52 bits per heavy atom. The van der Waals surface area contributed by atoms with Gasteiger partial charge in [-0.3, -0.25) is 4.79 Å². The molecule has 0 unspecified atom stereocenters. The van der Waals surface area contributed by atoms with E-state index in [9.17, 15) is 4.79 Å². The Bertz CT molecular complexity index is 885. The number of nitrogens with two attached hydrogens (primary N) is 1. The first-order valence-corrected chi connectivity index (χ1v) is 11.4. The van der Waals surface area contributed by atoms with Crippen molar-refractivity contribution in [2.45, 2.75) is 30.8 Å². The van der Waals surface area contributed by atoms with E-state index in [4.69, 9.17) is 10.5 Å². The minimum Gasteiger partial charge on any atom is -0.494 e. The van der Waals surface area contributed by atoms with Gasteiger partial charge in [0.15, 0.2) is 0 Å². The molecule has 0 bridgehead atoms. The summed E-state index contributed by atoms with van der Waals surface area (Å²) in [5.41, 5.74) is 8.06. The highest BCUT2D eigenvalue weighted by molar-refractivity contribution is 9.11. The fourth-order valence-electron chi connectivity index (χ4n) is 4.50. The molecule has 2 saturated heterocycles. The topological polar surface area (TPSA) is 58.8 Å². The Kier molecular flexibility index (Phi) is 5.91. The van der Waals surface area contributed by atoms with Gasteiger partial charge in [0.2, 0.25) is 5.91 Å². The Balaban J connectivity index is 1.49. The fraction of sp³-hybridized carbons (Fsp3) is 0.409. The monoisotopic (exact) mass is 521 g/mol. The molecule has 2 N–H and O–H groups in total. The number of hydrogen-bond donors (Lipinski definition) is 1. The number of piperazine rings is 1. The number of piperidine rings is 1. The Morgan fingerprint density at radius 1 is 1.17 bits per heavy atom. The molecule has 2 heterocycles. The SMILES string of the molecule is COc1c(Br)cc(C[C@]2(N)CC[C@H]3CN(c4ccccc4)CCN3C2=O)cc1Br. The number of halogens is 2. The van der Waals surface area contributed by atoms with Crippen LogP contribution in [0.5, 0.6) is 5.75 Å². The van der Waals surface area contributed by atoms with E-state index >= 15 is 0 Å². The van der Waals surface area contributed by atoms with Crippen LogP contribution in [0, 0.1) is 0 Å². The molecule has 0 spiro atoms. The molecule has 5 nitrogen and oxygen atoms in total. The van der Waals surface area contributed by atoms with E-state index in [1.54, 1.807) is 7.11 Å². The van der Waals surface area contributed by atoms with Crippen LogP contribution in [-0.2, 0) is 11.2 Å². The summed E-state index contributed by atoms with van der Waals surface area (Å²) >= 11 is 7.09. The van der Waals surface area contributed by atoms with Crippen molar-refractivity contribution in [1.82, 2.24) is 4.90 Å². The summed E-state index contributed by atoms with van der Waals surface area (Å²) in [5, 5.41) is 0. The highest BCUT2D eigenvalue weighted by Crippen LogP contribution is 2.37. The summed E-state index contributed by atoms with van der Waals surface area (Å²) in [6.07, 6.45) is 2.12. The second-order valence-corrected chi connectivity index (χ2v) is 9.61. The quantitative estimate of drug-likeness (QED) is 0.660. The minimum absolute atomic E-state index is 0.0736. The first kappa shape index (κ1) is 20.7. The number of hydrogen-bond acceptors (Lipinski definition) is 4. The van der Waals surface area contributed by atoms with E-state index < -0.39 is 5.54 Å². The summed E-state index contributed by atoms with van der Waals surface area (Å²) in [4.78, 5) is 17.7. The Labute approximate surface area is 188 Å². The molecule has 2 atom stereocenters. The number of fused-ring (bicyclic) bond motifs is 1. The van der Waals surface area contributed by atoms with E-state index in [1.165, 1.54) is 5.69 Å². The molecule has 2 aromatic rings. The maximum Gasteiger partial charge on any atom is 0.243 e. The molecule has 2 aromatic carbocycles. The van der Waals surface area contributed by atoms with Gasteiger partial charge >= 0.3 is 0 Å². The molecule has 0 aliphatic carbocycles. The van der Waals surface area contributed by atoms with Crippen LogP contribution >= 0.6 is 31.9 Å². The van der Waals surface area contributed by atoms with Crippen LogP contribution in [0.1, 0.15) is 18.4 Å². The average molecular weight is 523 g/mol. The first-order chi connectivity index (χ1) is 13.9. The molecule has 0 saturated carbocycles. The Hall–Kier alpha value is -1.57. The molecule has 7 heteroatoms. The summed E-state index contributed by atoms with van der Waals surface area (Å²) in [6, 6.07) is 14.6. The van der Waals surface area contributed by atoms with E-state index in [0.717, 1.165) is 39.8 Å². The van der Waals surface area contributed by atoms with Crippen molar-refractivity contribution >= 4 is 43.5 Å². The number of ether oxygens (including phenoxy) is 1. The molecule has 2 aliphatic heterocycles. The minimum atomic E-state index is -0.862. The van der Waals surface area contributed by atoms with Crippen molar-refractivity contribution in [2.75, 3.05) is 31.6 Å². The number of para-hydroxylation sites is 1. The summed E-state index contributed by atoms with van der Waals surface area (Å²) in [5.74, 6) is 0.816. The van der Waals surface area contributed by atoms with Gasteiger partial charge in [0, 0.05) is 31.4 Å². The molecule has 2 fully saturated rings. The predicted octanol–water partition coefficient (Wildman–Crippen LogP) is 3.97. The van der Waals surface area contributed by atoms with Crippen molar-refractivity contribution in [3.8, 4) is 5.75 Å². The number of amides is 1. The number of benzene rings is 2. The van der Waals surface area contributed by atoms with Crippen molar-refractivity contribution in [3.63, 3.8) is 0 Å². The van der Waals surface area contributed by atoms with Crippen LogP contribution in [0.4, 0.5) is 5.69 Å². The van der Waals surface area contributed by atoms with Gasteiger partial charge in [0.1, 0.15) is 5.75 Å². The third-order valence-electron chi connectivity index (χ3n) is 6.00. The van der Waals surface area contributed by atoms with Gasteiger partial charge < -0.3 is 20.3 Å². The molecule has 4 rings (SSSR count). The van der Waals surface area contributed by atoms with Gasteiger partial charge in [-0.25, -0.2) is 0 Å². The van der Waals surface area contributed by atoms with Gasteiger partial charge in [-0.2, -0.15) is 0 Å². The van der Waals surface area contributed by atoms with Gasteiger partial charge in [-0.1, -0.05) is 18.2 Å². The fourth-order valence-corrected chi connectivity index (χ4v) is 6.10. The molecular formula is C22H25Br2N3O2. The number of carbonyl (C=O) groups excluding carboxylic acids is 1. The normalized spacial score (nSPS) is 24.4. The third-order valence-corrected chi connectivity index (χ3v) is 7.17. The lowest BCUT2D eigenvalue weighted by Crippen LogP contribution is -2.67. The van der Waals surface area contributed by atoms with E-state index in [2.05, 4.69) is 61.0 Å². The van der Waals surface area contributed by atoms with Crippen molar-refractivity contribution < 1.29 is 9.53 Å². The second kappa shape index (κ2) is 8.28. The summed E-state index contributed by atoms with van der Waals surface area (Å²) in [7, 11) is 1.63. The molecule has 1 amide bonds. The molecule has 0 radical (unpaired) electrons. The van der Waals surface area contributed by atoms with Crippen LogP contribution < -0.4 is 15.4 Å². The number of rotatable bonds is 4. The maximum absolute atomic E-state index is 13.4. The Morgan fingerprint density at radius 2 is 1.86 bits per heavy atom. The van der Waals surface area contributed by atoms with Crippen molar-refractivity contribution in [3.05, 3.63) is 57.0 Å². The molecule has 29 heavy (non-hydrogen) atoms. The van der Waals surface area contributed by atoms with E-state index in [1.807, 2.05) is 23.1 Å². The highest BCUT2D eigenvalue weighted by Gasteiger charge is 2.46. The lowest BCUT2D eigenvalue weighted by molar-refractivity contribution is -0.144. The second-order valence-electron chi connectivity index (χ2n) is 7.90. The van der Waals surface area contributed by atoms with Crippen LogP contribution in [-0.4, -0.2) is 49.1 Å². The van der Waals surface area contributed by atoms with E-state index in [-0.39, 0.29) is 11.9 Å². The molecule has 0 aromatic heterocycles. The van der Waals surface area contributed by atoms with Gasteiger partial charge in [0.25, 0.3) is 0 Å². The zero-order valence-electron chi connectivity index (χ0n) is 16.4. The average Bonchev–Trinajstić information content (AvgIpc) is 2.71. The molecular weight excluding hydrogens is 498 g/mol. The summed E-state index contributed by atoms with van der Waals surface area (Å²) < 4.78 is 7.08. The van der Waals surface area contributed by atoms with Crippen LogP contribution in [0.25, 0.3) is 0 Å². The van der Waals surface area contributed by atoms with Crippen molar-refractivity contribution in [2.24, 2.45) is 5.73 Å². The zero-order chi connectivity index (χ0) is 20.6. The van der Waals surface area contributed by atoms with Crippen LogP contribution in [0.3, 0.4) is 0 Å². The highest BCUT2D eigenvalue weighted by atomic mass is 79.9. The first-order valence-electron chi connectivity index (χ1n) is 9.83. The van der Waals surface area contributed by atoms with Crippen LogP contribution in [0.2, 0.25) is 0 Å². The predicted molar refractivity (Wildman–Crippen MR) is 122 cm³/mol. The smallest absolute Gasteiger partial charge is 0.243 e. The lowest BCUT2D eigenvalue weighted by Gasteiger charge is -2.49. The van der Waals surface area contributed by atoms with Gasteiger partial charge in [-0.15, -0.1) is 0 Å². The molecule has 2 aliphatic rings. The van der Waals surface area contributed by atoms with Crippen molar-refractivity contribution in [1.29, 1.82) is 0 Å². The number of carbonyl (C=O) groups is 1. The lowest BCUT2D eigenvalue weighted by atomic mass is 9.80. The summed E-state index contributed by atoms with van der Waals surface area (Å²) in [6.45, 7) is 2.42. The maximum atomic E-state index is 13.4. The van der Waals surface area contributed by atoms with E-state index in [0.29, 0.717) is 19.4 Å². The number of methoxy groups -OCH3 is 1. The third kappa shape index (κ3) is 4.05. The van der Waals surface area contributed by atoms with Crippen LogP contribution in [0.15, 0.2) is 51.4 Å². The van der Waals surface area contributed by atoms with Gasteiger partial charge in [-0.05, 0) is 81.0 Å². The number of nitrogens with zero attached hydrogens (tertiary/aromatic N) is 2.